The first-order chi connectivity index (χ1) is 8.34. The van der Waals surface area contributed by atoms with E-state index >= 15 is 0 Å². The normalized spacial score (nSPS) is 19.8. The number of aliphatic hydroxyl groups is 1. The maximum absolute atomic E-state index is 10.1. The lowest BCUT2D eigenvalue weighted by Crippen LogP contribution is -2.16. The average Bonchev–Trinajstić information content (AvgIpc) is 2.59. The van der Waals surface area contributed by atoms with Crippen molar-refractivity contribution in [1.29, 1.82) is 0 Å². The Balaban J connectivity index is 1.78. The fraction of sp³-hybridized carbons (Fsp3) is 0.667. The van der Waals surface area contributed by atoms with Gasteiger partial charge >= 0.3 is 0 Å². The molecule has 1 aliphatic carbocycles. The van der Waals surface area contributed by atoms with Crippen LogP contribution in [0.25, 0.3) is 0 Å². The third kappa shape index (κ3) is 4.47. The maximum atomic E-state index is 10.1. The number of hydrogen-bond donors (Lipinski definition) is 1. The average molecular weight is 233 g/mol. The minimum absolute atomic E-state index is 0.180. The predicted molar refractivity (Wildman–Crippen MR) is 69.8 cm³/mol. The second kappa shape index (κ2) is 6.75. The molecular weight excluding hydrogens is 210 g/mol. The molecule has 0 aromatic carbocycles. The number of pyridine rings is 1. The van der Waals surface area contributed by atoms with E-state index in [1.807, 2.05) is 12.1 Å². The minimum Gasteiger partial charge on any atom is -0.393 e. The second-order valence-electron chi connectivity index (χ2n) is 5.31. The largest absolute Gasteiger partial charge is 0.393 e. The van der Waals surface area contributed by atoms with Crippen molar-refractivity contribution >= 4 is 0 Å². The highest BCUT2D eigenvalue weighted by atomic mass is 16.3. The summed E-state index contributed by atoms with van der Waals surface area (Å²) in [5.74, 6) is 0.745. The Kier molecular flexibility index (Phi) is 4.99. The Morgan fingerprint density at radius 1 is 1.12 bits per heavy atom. The molecule has 1 aromatic heterocycles. The highest BCUT2D eigenvalue weighted by Crippen LogP contribution is 2.27. The van der Waals surface area contributed by atoms with Crippen LogP contribution in [0.2, 0.25) is 0 Å². The van der Waals surface area contributed by atoms with Crippen molar-refractivity contribution < 1.29 is 5.11 Å². The molecule has 2 heteroatoms. The lowest BCUT2D eigenvalue weighted by molar-refractivity contribution is 0.137. The molecule has 1 saturated carbocycles. The zero-order valence-electron chi connectivity index (χ0n) is 10.5. The van der Waals surface area contributed by atoms with Crippen LogP contribution in [0.3, 0.4) is 0 Å². The third-order valence-corrected chi connectivity index (χ3v) is 3.80. The second-order valence-corrected chi connectivity index (χ2v) is 5.31. The van der Waals surface area contributed by atoms with Gasteiger partial charge < -0.3 is 5.11 Å². The quantitative estimate of drug-likeness (QED) is 0.809. The first-order valence-corrected chi connectivity index (χ1v) is 6.91. The molecule has 0 bridgehead atoms. The van der Waals surface area contributed by atoms with Crippen LogP contribution in [0.15, 0.2) is 24.5 Å². The molecule has 1 N–H and O–H groups in total. The first kappa shape index (κ1) is 12.6. The Bertz CT molecular complexity index is 304. The summed E-state index contributed by atoms with van der Waals surface area (Å²) in [5.41, 5.74) is 1.20. The van der Waals surface area contributed by atoms with Gasteiger partial charge in [0.15, 0.2) is 0 Å². The van der Waals surface area contributed by atoms with Gasteiger partial charge in [-0.2, -0.15) is 0 Å². The van der Waals surface area contributed by atoms with Crippen LogP contribution in [0.1, 0.15) is 50.5 Å². The van der Waals surface area contributed by atoms with Crippen molar-refractivity contribution in [1.82, 2.24) is 4.98 Å². The van der Waals surface area contributed by atoms with Crippen molar-refractivity contribution in [3.8, 4) is 0 Å². The van der Waals surface area contributed by atoms with Gasteiger partial charge in [-0.05, 0) is 36.5 Å². The minimum atomic E-state index is -0.180. The number of hydrogen-bond acceptors (Lipinski definition) is 2. The van der Waals surface area contributed by atoms with E-state index in [4.69, 9.17) is 0 Å². The molecule has 0 amide bonds. The van der Waals surface area contributed by atoms with Gasteiger partial charge in [0.2, 0.25) is 0 Å². The van der Waals surface area contributed by atoms with Crippen LogP contribution in [0, 0.1) is 5.92 Å². The van der Waals surface area contributed by atoms with Crippen LogP contribution >= 0.6 is 0 Å². The topological polar surface area (TPSA) is 33.1 Å². The molecule has 0 saturated heterocycles. The summed E-state index contributed by atoms with van der Waals surface area (Å²) >= 11 is 0. The summed E-state index contributed by atoms with van der Waals surface area (Å²) in [5, 5.41) is 10.1. The molecule has 1 fully saturated rings. The van der Waals surface area contributed by atoms with E-state index in [-0.39, 0.29) is 6.10 Å². The van der Waals surface area contributed by atoms with E-state index in [2.05, 4.69) is 4.98 Å². The highest BCUT2D eigenvalue weighted by molar-refractivity contribution is 5.10. The fourth-order valence-electron chi connectivity index (χ4n) is 2.86. The molecule has 1 atom stereocenters. The Morgan fingerprint density at radius 3 is 2.41 bits per heavy atom. The standard InChI is InChI=1S/C15H23NO/c17-15(12-14-7-9-16-10-8-14)11-13-5-3-1-2-4-6-13/h7-10,13,15,17H,1-6,11-12H2. The van der Waals surface area contributed by atoms with Crippen LogP contribution in [0.4, 0.5) is 0 Å². The van der Waals surface area contributed by atoms with Crippen molar-refractivity contribution in [2.24, 2.45) is 5.92 Å². The highest BCUT2D eigenvalue weighted by Gasteiger charge is 2.16. The van der Waals surface area contributed by atoms with E-state index in [1.165, 1.54) is 44.1 Å². The number of nitrogens with zero attached hydrogens (tertiary/aromatic N) is 1. The van der Waals surface area contributed by atoms with E-state index in [9.17, 15) is 5.11 Å². The summed E-state index contributed by atoms with van der Waals surface area (Å²) in [6.45, 7) is 0. The SMILES string of the molecule is OC(Cc1ccncc1)CC1CCCCCC1. The smallest absolute Gasteiger partial charge is 0.0583 e. The molecular formula is C15H23NO. The van der Waals surface area contributed by atoms with Crippen molar-refractivity contribution in [3.63, 3.8) is 0 Å². The lowest BCUT2D eigenvalue weighted by atomic mass is 9.91. The van der Waals surface area contributed by atoms with Gasteiger partial charge in [-0.15, -0.1) is 0 Å². The lowest BCUT2D eigenvalue weighted by Gasteiger charge is -2.18. The Labute approximate surface area is 104 Å². The van der Waals surface area contributed by atoms with Gasteiger partial charge in [0.05, 0.1) is 6.10 Å². The molecule has 94 valence electrons. The van der Waals surface area contributed by atoms with Gasteiger partial charge in [-0.3, -0.25) is 4.98 Å². The summed E-state index contributed by atoms with van der Waals surface area (Å²) < 4.78 is 0. The van der Waals surface area contributed by atoms with E-state index in [1.54, 1.807) is 12.4 Å². The molecule has 1 unspecified atom stereocenters. The van der Waals surface area contributed by atoms with Crippen LogP contribution < -0.4 is 0 Å². The van der Waals surface area contributed by atoms with Gasteiger partial charge in [-0.1, -0.05) is 38.5 Å². The van der Waals surface area contributed by atoms with Crippen molar-refractivity contribution in [3.05, 3.63) is 30.1 Å². The van der Waals surface area contributed by atoms with Gasteiger partial charge in [-0.25, -0.2) is 0 Å². The first-order valence-electron chi connectivity index (χ1n) is 6.91. The van der Waals surface area contributed by atoms with Crippen molar-refractivity contribution in [2.45, 2.75) is 57.5 Å². The van der Waals surface area contributed by atoms with E-state index in [0.717, 1.165) is 18.8 Å². The fourth-order valence-corrected chi connectivity index (χ4v) is 2.86. The van der Waals surface area contributed by atoms with Crippen LogP contribution in [-0.4, -0.2) is 16.2 Å². The molecule has 0 spiro atoms. The molecule has 1 aromatic rings. The molecule has 17 heavy (non-hydrogen) atoms. The molecule has 0 radical (unpaired) electrons. The molecule has 2 rings (SSSR count). The predicted octanol–water partition coefficient (Wildman–Crippen LogP) is 3.35. The Morgan fingerprint density at radius 2 is 1.76 bits per heavy atom. The van der Waals surface area contributed by atoms with Crippen molar-refractivity contribution in [2.75, 3.05) is 0 Å². The van der Waals surface area contributed by atoms with E-state index in [0.29, 0.717) is 0 Å². The number of aromatic nitrogens is 1. The molecule has 1 heterocycles. The zero-order valence-corrected chi connectivity index (χ0v) is 10.5. The van der Waals surface area contributed by atoms with Crippen LogP contribution in [0.5, 0.6) is 0 Å². The molecule has 1 aliphatic rings. The summed E-state index contributed by atoms with van der Waals surface area (Å²) in [4.78, 5) is 4.00. The number of rotatable bonds is 4. The van der Waals surface area contributed by atoms with E-state index < -0.39 is 0 Å². The zero-order chi connectivity index (χ0) is 11.9. The monoisotopic (exact) mass is 233 g/mol. The van der Waals surface area contributed by atoms with Gasteiger partial charge in [0.1, 0.15) is 0 Å². The van der Waals surface area contributed by atoms with Gasteiger partial charge in [0.25, 0.3) is 0 Å². The summed E-state index contributed by atoms with van der Waals surface area (Å²) in [6.07, 6.45) is 13.3. The summed E-state index contributed by atoms with van der Waals surface area (Å²) in [6, 6.07) is 3.99. The summed E-state index contributed by atoms with van der Waals surface area (Å²) in [7, 11) is 0. The van der Waals surface area contributed by atoms with Crippen LogP contribution in [-0.2, 0) is 6.42 Å². The number of aliphatic hydroxyl groups excluding tert-OH is 1. The third-order valence-electron chi connectivity index (χ3n) is 3.80. The molecule has 2 nitrogen and oxygen atoms in total. The Hall–Kier alpha value is -0.890. The van der Waals surface area contributed by atoms with Gasteiger partial charge in [0, 0.05) is 12.4 Å². The molecule has 0 aliphatic heterocycles. The maximum Gasteiger partial charge on any atom is 0.0583 e.